The van der Waals surface area contributed by atoms with Crippen LogP contribution in [0.25, 0.3) is 0 Å². The molecule has 0 aliphatic carbocycles. The van der Waals surface area contributed by atoms with Crippen molar-refractivity contribution in [2.45, 2.75) is 47.1 Å². The molecule has 0 spiro atoms. The summed E-state index contributed by atoms with van der Waals surface area (Å²) in [4.78, 5) is 25.8. The van der Waals surface area contributed by atoms with Crippen LogP contribution >= 0.6 is 0 Å². The highest BCUT2D eigenvalue weighted by molar-refractivity contribution is 5.80. The maximum atomic E-state index is 11.9. The summed E-state index contributed by atoms with van der Waals surface area (Å²) in [6.45, 7) is 13.6. The van der Waals surface area contributed by atoms with E-state index in [1.807, 2.05) is 13.1 Å². The number of piperidine rings is 1. The number of hydrogen-bond acceptors (Lipinski definition) is 5. The fourth-order valence-electron chi connectivity index (χ4n) is 3.42. The molecule has 1 aromatic rings. The van der Waals surface area contributed by atoms with Crippen molar-refractivity contribution in [2.24, 2.45) is 10.9 Å². The predicted molar refractivity (Wildman–Crippen MR) is 114 cm³/mol. The van der Waals surface area contributed by atoms with E-state index in [9.17, 15) is 4.79 Å². The zero-order valence-corrected chi connectivity index (χ0v) is 17.8. The zero-order valence-electron chi connectivity index (χ0n) is 17.8. The summed E-state index contributed by atoms with van der Waals surface area (Å²) < 4.78 is 5.16. The summed E-state index contributed by atoms with van der Waals surface area (Å²) in [5, 5.41) is 3.37. The quantitative estimate of drug-likeness (QED) is 0.419. The maximum Gasteiger partial charge on any atom is 0.309 e. The fraction of sp³-hybridized carbons (Fsp3) is 0.667. The van der Waals surface area contributed by atoms with Crippen LogP contribution in [0.4, 0.5) is 5.82 Å². The van der Waals surface area contributed by atoms with Crippen molar-refractivity contribution >= 4 is 17.7 Å². The van der Waals surface area contributed by atoms with Crippen molar-refractivity contribution in [1.82, 2.24) is 15.2 Å². The molecular formula is C21H35N5O2. The van der Waals surface area contributed by atoms with E-state index in [1.54, 1.807) is 0 Å². The van der Waals surface area contributed by atoms with Crippen molar-refractivity contribution < 1.29 is 9.53 Å². The van der Waals surface area contributed by atoms with Gasteiger partial charge in [-0.2, -0.15) is 0 Å². The highest BCUT2D eigenvalue weighted by Crippen LogP contribution is 2.19. The number of anilines is 1. The van der Waals surface area contributed by atoms with Crippen molar-refractivity contribution in [3.8, 4) is 0 Å². The van der Waals surface area contributed by atoms with Gasteiger partial charge in [-0.05, 0) is 52.2 Å². The molecule has 7 heteroatoms. The lowest BCUT2D eigenvalue weighted by Gasteiger charge is -2.33. The Kier molecular flexibility index (Phi) is 9.04. The topological polar surface area (TPSA) is 70.1 Å². The van der Waals surface area contributed by atoms with E-state index in [1.165, 1.54) is 0 Å². The average molecular weight is 390 g/mol. The van der Waals surface area contributed by atoms with Gasteiger partial charge in [0.25, 0.3) is 0 Å². The predicted octanol–water partition coefficient (Wildman–Crippen LogP) is 2.67. The van der Waals surface area contributed by atoms with Gasteiger partial charge in [-0.25, -0.2) is 9.98 Å². The third-order valence-electron chi connectivity index (χ3n) is 5.06. The van der Waals surface area contributed by atoms with E-state index in [4.69, 9.17) is 9.73 Å². The molecule has 28 heavy (non-hydrogen) atoms. The van der Waals surface area contributed by atoms with Gasteiger partial charge in [-0.15, -0.1) is 0 Å². The van der Waals surface area contributed by atoms with Crippen molar-refractivity contribution in [2.75, 3.05) is 44.2 Å². The minimum Gasteiger partial charge on any atom is -0.466 e. The van der Waals surface area contributed by atoms with Gasteiger partial charge in [0.15, 0.2) is 5.96 Å². The van der Waals surface area contributed by atoms with Crippen molar-refractivity contribution in [1.29, 1.82) is 0 Å². The Hall–Kier alpha value is -2.31. The molecule has 1 fully saturated rings. The molecule has 1 aliphatic heterocycles. The van der Waals surface area contributed by atoms with Crippen LogP contribution < -0.4 is 10.2 Å². The number of ether oxygens (including phenoxy) is 1. The van der Waals surface area contributed by atoms with E-state index >= 15 is 0 Å². The lowest BCUT2D eigenvalue weighted by atomic mass is 9.97. The first-order valence-corrected chi connectivity index (χ1v) is 10.5. The van der Waals surface area contributed by atoms with Gasteiger partial charge in [0.05, 0.1) is 19.1 Å². The Morgan fingerprint density at radius 1 is 1.25 bits per heavy atom. The van der Waals surface area contributed by atoms with Gasteiger partial charge < -0.3 is 19.9 Å². The molecule has 1 N–H and O–H groups in total. The maximum absolute atomic E-state index is 11.9. The second-order valence-electron chi connectivity index (χ2n) is 6.88. The van der Waals surface area contributed by atoms with E-state index < -0.39 is 0 Å². The lowest BCUT2D eigenvalue weighted by molar-refractivity contribution is -0.149. The van der Waals surface area contributed by atoms with Crippen LogP contribution in [0, 0.1) is 5.92 Å². The Morgan fingerprint density at radius 3 is 2.50 bits per heavy atom. The number of nitrogens with one attached hydrogen (secondary N) is 1. The molecule has 1 aliphatic rings. The van der Waals surface area contributed by atoms with E-state index in [2.05, 4.69) is 53.0 Å². The van der Waals surface area contributed by atoms with Crippen LogP contribution in [0.3, 0.4) is 0 Å². The van der Waals surface area contributed by atoms with Crippen LogP contribution in [0.2, 0.25) is 0 Å². The molecule has 0 unspecified atom stereocenters. The highest BCUT2D eigenvalue weighted by Gasteiger charge is 2.27. The number of guanidine groups is 1. The second kappa shape index (κ2) is 11.5. The number of esters is 1. The monoisotopic (exact) mass is 389 g/mol. The van der Waals surface area contributed by atoms with Crippen LogP contribution in [0.1, 0.15) is 46.1 Å². The molecule has 156 valence electrons. The molecule has 0 atom stereocenters. The smallest absolute Gasteiger partial charge is 0.309 e. The number of carbonyl (C=O) groups excluding carboxylic acids is 1. The molecule has 0 bridgehead atoms. The number of aliphatic imine (C=N–C) groups is 1. The number of nitrogens with zero attached hydrogens (tertiary/aromatic N) is 4. The minimum atomic E-state index is -0.0662. The minimum absolute atomic E-state index is 0.0101. The number of hydrogen-bond donors (Lipinski definition) is 1. The van der Waals surface area contributed by atoms with Gasteiger partial charge in [-0.1, -0.05) is 6.07 Å². The summed E-state index contributed by atoms with van der Waals surface area (Å²) >= 11 is 0. The molecular weight excluding hydrogens is 354 g/mol. The molecule has 1 saturated heterocycles. The molecule has 7 nitrogen and oxygen atoms in total. The Balaban J connectivity index is 1.96. The van der Waals surface area contributed by atoms with Crippen LogP contribution in [0.5, 0.6) is 0 Å². The summed E-state index contributed by atoms with van der Waals surface area (Å²) in [5.41, 5.74) is 1.09. The fourth-order valence-corrected chi connectivity index (χ4v) is 3.42. The van der Waals surface area contributed by atoms with Crippen LogP contribution in [-0.2, 0) is 16.1 Å². The summed E-state index contributed by atoms with van der Waals surface area (Å²) in [5.74, 6) is 1.85. The number of rotatable bonds is 8. The largest absolute Gasteiger partial charge is 0.466 e. The standard InChI is InChI=1S/C21H35N5O2/c1-5-22-21(26-13-11-18(12-14-26)20(27)28-8-4)24-16-17-9-10-19(23-15-17)25(6-2)7-3/h9-10,15,18H,5-8,11-14,16H2,1-4H3,(H,22,24). The zero-order chi connectivity index (χ0) is 20.4. The first-order valence-electron chi connectivity index (χ1n) is 10.5. The van der Waals surface area contributed by atoms with E-state index in [0.717, 1.165) is 62.9 Å². The molecule has 0 amide bonds. The third kappa shape index (κ3) is 6.11. The number of carbonyl (C=O) groups is 1. The average Bonchev–Trinajstić information content (AvgIpc) is 2.73. The molecule has 0 aromatic carbocycles. The number of aromatic nitrogens is 1. The van der Waals surface area contributed by atoms with E-state index in [-0.39, 0.29) is 11.9 Å². The molecule has 2 rings (SSSR count). The van der Waals surface area contributed by atoms with Gasteiger partial charge in [-0.3, -0.25) is 4.79 Å². The van der Waals surface area contributed by atoms with Crippen molar-refractivity contribution in [3.05, 3.63) is 23.9 Å². The Labute approximate surface area is 169 Å². The molecule has 0 radical (unpaired) electrons. The first-order chi connectivity index (χ1) is 13.6. The Morgan fingerprint density at radius 2 is 1.96 bits per heavy atom. The van der Waals surface area contributed by atoms with Crippen LogP contribution in [0.15, 0.2) is 23.3 Å². The van der Waals surface area contributed by atoms with Gasteiger partial charge in [0.2, 0.25) is 0 Å². The summed E-state index contributed by atoms with van der Waals surface area (Å²) in [7, 11) is 0. The van der Waals surface area contributed by atoms with Crippen molar-refractivity contribution in [3.63, 3.8) is 0 Å². The third-order valence-corrected chi connectivity index (χ3v) is 5.06. The number of likely N-dealkylation sites (tertiary alicyclic amines) is 1. The van der Waals surface area contributed by atoms with Gasteiger partial charge >= 0.3 is 5.97 Å². The SMILES string of the molecule is CCNC(=NCc1ccc(N(CC)CC)nc1)N1CCC(C(=O)OCC)CC1. The van der Waals surface area contributed by atoms with Crippen LogP contribution in [-0.4, -0.2) is 61.1 Å². The van der Waals surface area contributed by atoms with Gasteiger partial charge in [0, 0.05) is 38.9 Å². The number of pyridine rings is 1. The molecule has 2 heterocycles. The summed E-state index contributed by atoms with van der Waals surface area (Å²) in [6, 6.07) is 4.16. The second-order valence-corrected chi connectivity index (χ2v) is 6.88. The highest BCUT2D eigenvalue weighted by atomic mass is 16.5. The summed E-state index contributed by atoms with van der Waals surface area (Å²) in [6.07, 6.45) is 3.53. The normalized spacial score (nSPS) is 15.4. The van der Waals surface area contributed by atoms with Gasteiger partial charge in [0.1, 0.15) is 5.82 Å². The van der Waals surface area contributed by atoms with E-state index in [0.29, 0.717) is 13.2 Å². The first kappa shape index (κ1) is 22.0. The Bertz CT molecular complexity index is 620. The molecule has 1 aromatic heterocycles. The lowest BCUT2D eigenvalue weighted by Crippen LogP contribution is -2.46. The molecule has 0 saturated carbocycles.